The van der Waals surface area contributed by atoms with Crippen molar-refractivity contribution in [2.24, 2.45) is 7.05 Å². The van der Waals surface area contributed by atoms with Gasteiger partial charge in [0.05, 0.1) is 0 Å². The van der Waals surface area contributed by atoms with Crippen molar-refractivity contribution in [3.05, 3.63) is 22.5 Å². The van der Waals surface area contributed by atoms with Crippen molar-refractivity contribution in [3.8, 4) is 0 Å². The van der Waals surface area contributed by atoms with Gasteiger partial charge in [-0.05, 0) is 6.42 Å². The Bertz CT molecular complexity index is 613. The lowest BCUT2D eigenvalue weighted by Crippen LogP contribution is -2.28. The normalized spacial score (nSPS) is 10.7. The number of hydrogen-bond donors (Lipinski definition) is 1. The third-order valence-electron chi connectivity index (χ3n) is 2.25. The molecule has 1 amide bonds. The summed E-state index contributed by atoms with van der Waals surface area (Å²) in [6, 6.07) is 0. The Morgan fingerprint density at radius 1 is 1.53 bits per heavy atom. The molecule has 2 rings (SSSR count). The summed E-state index contributed by atoms with van der Waals surface area (Å²) in [5.74, 6) is -0.350. The Hall–Kier alpha value is -2.25. The molecule has 0 aliphatic heterocycles. The molecule has 0 radical (unpaired) electrons. The maximum absolute atomic E-state index is 11.7. The van der Waals surface area contributed by atoms with Crippen molar-refractivity contribution in [2.75, 3.05) is 6.54 Å². The number of nitrogens with zero attached hydrogens (tertiary/aromatic N) is 5. The molecular formula is C9H12N6O2. The maximum atomic E-state index is 11.7. The standard InChI is InChI=1S/C9H12N6O2/c1-3-4-10-8(16)6-7-12-13-14(2)9(17)15(7)5-11-6/h5H,3-4H2,1-2H3,(H,10,16). The van der Waals surface area contributed by atoms with E-state index < -0.39 is 5.69 Å². The predicted molar refractivity (Wildman–Crippen MR) is 58.6 cm³/mol. The van der Waals surface area contributed by atoms with Gasteiger partial charge in [-0.15, -0.1) is 5.10 Å². The van der Waals surface area contributed by atoms with E-state index in [1.54, 1.807) is 0 Å². The molecule has 90 valence electrons. The van der Waals surface area contributed by atoms with Crippen LogP contribution in [0.15, 0.2) is 11.1 Å². The van der Waals surface area contributed by atoms with Crippen LogP contribution in [0.1, 0.15) is 23.8 Å². The van der Waals surface area contributed by atoms with Crippen LogP contribution in [0.5, 0.6) is 0 Å². The number of aryl methyl sites for hydroxylation is 1. The van der Waals surface area contributed by atoms with E-state index in [-0.39, 0.29) is 17.2 Å². The summed E-state index contributed by atoms with van der Waals surface area (Å²) in [5.41, 5.74) is -0.109. The Balaban J connectivity index is 2.47. The average molecular weight is 236 g/mol. The number of hydrogen-bond acceptors (Lipinski definition) is 5. The van der Waals surface area contributed by atoms with Crippen molar-refractivity contribution >= 4 is 11.6 Å². The predicted octanol–water partition coefficient (Wildman–Crippen LogP) is -1.04. The Morgan fingerprint density at radius 3 is 3.00 bits per heavy atom. The van der Waals surface area contributed by atoms with E-state index in [0.717, 1.165) is 11.1 Å². The minimum absolute atomic E-state index is 0.114. The second-order valence-electron chi connectivity index (χ2n) is 3.54. The van der Waals surface area contributed by atoms with Crippen molar-refractivity contribution in [3.63, 3.8) is 0 Å². The van der Waals surface area contributed by atoms with Gasteiger partial charge in [-0.3, -0.25) is 4.79 Å². The molecule has 8 heteroatoms. The molecule has 8 nitrogen and oxygen atoms in total. The highest BCUT2D eigenvalue weighted by Crippen LogP contribution is 2.01. The van der Waals surface area contributed by atoms with Crippen molar-refractivity contribution < 1.29 is 4.79 Å². The fourth-order valence-corrected chi connectivity index (χ4v) is 1.36. The molecule has 2 heterocycles. The highest BCUT2D eigenvalue weighted by molar-refractivity contribution is 5.97. The highest BCUT2D eigenvalue weighted by atomic mass is 16.2. The van der Waals surface area contributed by atoms with Gasteiger partial charge in [0.2, 0.25) is 0 Å². The lowest BCUT2D eigenvalue weighted by atomic mass is 10.4. The fraction of sp³-hybridized carbons (Fsp3) is 0.444. The van der Waals surface area contributed by atoms with Crippen LogP contribution in [0, 0.1) is 0 Å². The van der Waals surface area contributed by atoms with Gasteiger partial charge < -0.3 is 5.32 Å². The topological polar surface area (TPSA) is 94.2 Å². The molecule has 0 saturated heterocycles. The van der Waals surface area contributed by atoms with Gasteiger partial charge in [-0.1, -0.05) is 12.1 Å². The zero-order valence-electron chi connectivity index (χ0n) is 9.54. The lowest BCUT2D eigenvalue weighted by molar-refractivity contribution is 0.0950. The Labute approximate surface area is 96.3 Å². The highest BCUT2D eigenvalue weighted by Gasteiger charge is 2.16. The molecule has 0 atom stereocenters. The molecule has 0 bridgehead atoms. The summed E-state index contributed by atoms with van der Waals surface area (Å²) < 4.78 is 2.26. The van der Waals surface area contributed by atoms with Crippen LogP contribution in [0.25, 0.3) is 5.65 Å². The van der Waals surface area contributed by atoms with Gasteiger partial charge >= 0.3 is 5.69 Å². The van der Waals surface area contributed by atoms with Gasteiger partial charge in [0.15, 0.2) is 11.3 Å². The summed E-state index contributed by atoms with van der Waals surface area (Å²) in [6.45, 7) is 2.50. The quantitative estimate of drug-likeness (QED) is 0.734. The molecule has 0 aromatic carbocycles. The largest absolute Gasteiger partial charge is 0.352 e. The third kappa shape index (κ3) is 1.88. The van der Waals surface area contributed by atoms with Gasteiger partial charge in [0.1, 0.15) is 6.33 Å². The first-order chi connectivity index (χ1) is 8.15. The average Bonchev–Trinajstić information content (AvgIpc) is 2.75. The second kappa shape index (κ2) is 4.32. The fourth-order valence-electron chi connectivity index (χ4n) is 1.36. The van der Waals surface area contributed by atoms with E-state index in [1.165, 1.54) is 17.8 Å². The molecule has 0 spiro atoms. The van der Waals surface area contributed by atoms with Crippen LogP contribution >= 0.6 is 0 Å². The first-order valence-electron chi connectivity index (χ1n) is 5.20. The van der Waals surface area contributed by atoms with E-state index in [9.17, 15) is 9.59 Å². The van der Waals surface area contributed by atoms with Crippen LogP contribution in [0.4, 0.5) is 0 Å². The lowest BCUT2D eigenvalue weighted by Gasteiger charge is -2.00. The van der Waals surface area contributed by atoms with Crippen LogP contribution in [0.2, 0.25) is 0 Å². The molecule has 17 heavy (non-hydrogen) atoms. The zero-order chi connectivity index (χ0) is 12.4. The van der Waals surface area contributed by atoms with Crippen molar-refractivity contribution in [2.45, 2.75) is 13.3 Å². The number of amides is 1. The van der Waals surface area contributed by atoms with E-state index in [0.29, 0.717) is 6.54 Å². The van der Waals surface area contributed by atoms with Gasteiger partial charge in [-0.2, -0.15) is 4.68 Å². The molecule has 0 unspecified atom stereocenters. The number of carbonyl (C=O) groups excluding carboxylic acids is 1. The van der Waals surface area contributed by atoms with Gasteiger partial charge in [0.25, 0.3) is 5.91 Å². The summed E-state index contributed by atoms with van der Waals surface area (Å²) in [6.07, 6.45) is 2.10. The first-order valence-corrected chi connectivity index (χ1v) is 5.20. The van der Waals surface area contributed by atoms with E-state index >= 15 is 0 Å². The summed E-state index contributed by atoms with van der Waals surface area (Å²) in [7, 11) is 1.48. The number of fused-ring (bicyclic) bond motifs is 1. The van der Waals surface area contributed by atoms with Gasteiger partial charge in [0, 0.05) is 13.6 Å². The number of rotatable bonds is 3. The maximum Gasteiger partial charge on any atom is 0.352 e. The summed E-state index contributed by atoms with van der Waals surface area (Å²) in [5, 5.41) is 10.1. The van der Waals surface area contributed by atoms with E-state index in [1.807, 2.05) is 6.92 Å². The minimum atomic E-state index is -0.392. The molecular weight excluding hydrogens is 224 g/mol. The van der Waals surface area contributed by atoms with Crippen LogP contribution in [0.3, 0.4) is 0 Å². The van der Waals surface area contributed by atoms with Crippen molar-refractivity contribution in [1.82, 2.24) is 29.7 Å². The van der Waals surface area contributed by atoms with Gasteiger partial charge in [-0.25, -0.2) is 14.2 Å². The smallest absolute Gasteiger partial charge is 0.351 e. The van der Waals surface area contributed by atoms with E-state index in [4.69, 9.17) is 0 Å². The second-order valence-corrected chi connectivity index (χ2v) is 3.54. The Morgan fingerprint density at radius 2 is 2.29 bits per heavy atom. The summed E-state index contributed by atoms with van der Waals surface area (Å²) in [4.78, 5) is 27.2. The van der Waals surface area contributed by atoms with Crippen molar-refractivity contribution in [1.29, 1.82) is 0 Å². The number of imidazole rings is 1. The van der Waals surface area contributed by atoms with Crippen LogP contribution < -0.4 is 11.0 Å². The number of nitrogens with one attached hydrogen (secondary N) is 1. The molecule has 1 N–H and O–H groups in total. The molecule has 2 aromatic rings. The molecule has 0 aliphatic carbocycles. The SMILES string of the molecule is CCCNC(=O)c1ncn2c(=O)n(C)nnc12. The summed E-state index contributed by atoms with van der Waals surface area (Å²) >= 11 is 0. The molecule has 0 saturated carbocycles. The zero-order valence-corrected chi connectivity index (χ0v) is 9.54. The third-order valence-corrected chi connectivity index (χ3v) is 2.25. The van der Waals surface area contributed by atoms with Crippen LogP contribution in [-0.2, 0) is 7.05 Å². The minimum Gasteiger partial charge on any atom is -0.351 e. The molecule has 2 aromatic heterocycles. The first kappa shape index (κ1) is 11.2. The number of aromatic nitrogens is 5. The monoisotopic (exact) mass is 236 g/mol. The number of carbonyl (C=O) groups is 1. The molecule has 0 aliphatic rings. The Kier molecular flexibility index (Phi) is 2.86. The van der Waals surface area contributed by atoms with E-state index in [2.05, 4.69) is 20.6 Å². The molecule has 0 fully saturated rings. The van der Waals surface area contributed by atoms with Crippen LogP contribution in [-0.4, -0.2) is 36.8 Å².